The lowest BCUT2D eigenvalue weighted by molar-refractivity contribution is -0.512. The zero-order valence-electron chi connectivity index (χ0n) is 11.0. The number of nitro groups is 1. The molecule has 1 aromatic carbocycles. The van der Waals surface area contributed by atoms with E-state index in [9.17, 15) is 19.7 Å². The van der Waals surface area contributed by atoms with Crippen LogP contribution in [0.15, 0.2) is 30.5 Å². The lowest BCUT2D eigenvalue weighted by Crippen LogP contribution is -2.39. The van der Waals surface area contributed by atoms with Gasteiger partial charge in [0.25, 0.3) is 0 Å². The fourth-order valence-corrected chi connectivity index (χ4v) is 2.07. The Morgan fingerprint density at radius 3 is 2.43 bits per heavy atom. The number of para-hydroxylation sites is 2. The summed E-state index contributed by atoms with van der Waals surface area (Å²) in [5.74, 6) is -3.81. The number of carbonyl (C=O) groups excluding carboxylic acids is 1. The van der Waals surface area contributed by atoms with Crippen LogP contribution in [0.4, 0.5) is 0 Å². The minimum absolute atomic E-state index is 0.0229. The highest BCUT2D eigenvalue weighted by atomic mass is 16.6. The molecule has 1 aromatic heterocycles. The number of fused-ring (bicyclic) bond motifs is 1. The number of benzene rings is 1. The van der Waals surface area contributed by atoms with E-state index in [-0.39, 0.29) is 5.69 Å². The van der Waals surface area contributed by atoms with Gasteiger partial charge in [0.15, 0.2) is 0 Å². The van der Waals surface area contributed by atoms with Gasteiger partial charge in [0, 0.05) is 4.92 Å². The Bertz CT molecular complexity index is 717. The van der Waals surface area contributed by atoms with Gasteiger partial charge >= 0.3 is 12.0 Å². The first-order valence-corrected chi connectivity index (χ1v) is 6.00. The molecule has 0 aliphatic heterocycles. The summed E-state index contributed by atoms with van der Waals surface area (Å²) in [5.41, 5.74) is 0.968. The van der Waals surface area contributed by atoms with E-state index < -0.39 is 28.6 Å². The summed E-state index contributed by atoms with van der Waals surface area (Å²) in [6.07, 6.45) is 1.20. The van der Waals surface area contributed by atoms with Crippen molar-refractivity contribution < 1.29 is 19.6 Å². The van der Waals surface area contributed by atoms with Gasteiger partial charge in [0.1, 0.15) is 11.7 Å². The fraction of sp³-hybridized carbons (Fsp3) is 0.231. The molecule has 0 aliphatic carbocycles. The van der Waals surface area contributed by atoms with Gasteiger partial charge in [-0.25, -0.2) is 9.78 Å². The van der Waals surface area contributed by atoms with Crippen LogP contribution in [0.5, 0.6) is 0 Å². The molecule has 2 aromatic rings. The van der Waals surface area contributed by atoms with Crippen molar-refractivity contribution in [2.24, 2.45) is 0 Å². The molecule has 0 saturated carbocycles. The summed E-state index contributed by atoms with van der Waals surface area (Å²) < 4.78 is 0. The van der Waals surface area contributed by atoms with Gasteiger partial charge in [0.2, 0.25) is 0 Å². The number of carboxylic acids is 1. The van der Waals surface area contributed by atoms with Gasteiger partial charge in [-0.3, -0.25) is 19.9 Å². The van der Waals surface area contributed by atoms with Gasteiger partial charge in [0.05, 0.1) is 22.9 Å². The Morgan fingerprint density at radius 2 is 1.90 bits per heavy atom. The number of nitrogens with zero attached hydrogens (tertiary/aromatic N) is 3. The third-order valence-corrected chi connectivity index (χ3v) is 3.02. The summed E-state index contributed by atoms with van der Waals surface area (Å²) in [4.78, 5) is 40.9. The Hall–Kier alpha value is -2.90. The van der Waals surface area contributed by atoms with Crippen molar-refractivity contribution in [2.75, 3.05) is 0 Å². The highest BCUT2D eigenvalue weighted by Gasteiger charge is 2.43. The Kier molecular flexibility index (Phi) is 3.88. The maximum Gasteiger partial charge on any atom is 0.380 e. The van der Waals surface area contributed by atoms with Gasteiger partial charge in [-0.15, -0.1) is 0 Å². The van der Waals surface area contributed by atoms with Crippen LogP contribution in [0, 0.1) is 10.1 Å². The third-order valence-electron chi connectivity index (χ3n) is 3.02. The van der Waals surface area contributed by atoms with Crippen LogP contribution in [0.1, 0.15) is 18.5 Å². The van der Waals surface area contributed by atoms with E-state index in [1.165, 1.54) is 6.20 Å². The molecule has 0 amide bonds. The van der Waals surface area contributed by atoms with Crippen molar-refractivity contribution in [3.63, 3.8) is 0 Å². The van der Waals surface area contributed by atoms with Crippen LogP contribution >= 0.6 is 0 Å². The molecule has 0 saturated heterocycles. The number of ketones is 1. The second kappa shape index (κ2) is 5.61. The second-order valence-electron chi connectivity index (χ2n) is 4.44. The van der Waals surface area contributed by atoms with Crippen molar-refractivity contribution in [3.05, 3.63) is 46.3 Å². The number of hydrogen-bond acceptors (Lipinski definition) is 6. The molecule has 1 N–H and O–H groups in total. The normalized spacial score (nSPS) is 13.6. The summed E-state index contributed by atoms with van der Waals surface area (Å²) in [7, 11) is 0. The smallest absolute Gasteiger partial charge is 0.380 e. The molecule has 0 fully saturated rings. The van der Waals surface area contributed by atoms with Gasteiger partial charge in [-0.1, -0.05) is 12.1 Å². The van der Waals surface area contributed by atoms with Gasteiger partial charge in [-0.2, -0.15) is 0 Å². The number of carboxylic acid groups (broad SMARTS) is 1. The molecule has 8 heteroatoms. The largest absolute Gasteiger partial charge is 0.476 e. The summed E-state index contributed by atoms with van der Waals surface area (Å²) in [6.45, 7) is 1.10. The van der Waals surface area contributed by atoms with Crippen LogP contribution in [-0.2, 0) is 9.59 Å². The molecule has 1 heterocycles. The lowest BCUT2D eigenvalue weighted by Gasteiger charge is -2.15. The van der Waals surface area contributed by atoms with Crippen LogP contribution < -0.4 is 0 Å². The molecule has 0 aliphatic rings. The molecule has 8 nitrogen and oxygen atoms in total. The topological polar surface area (TPSA) is 123 Å². The predicted molar refractivity (Wildman–Crippen MR) is 71.4 cm³/mol. The van der Waals surface area contributed by atoms with Crippen LogP contribution in [-0.4, -0.2) is 37.8 Å². The first kappa shape index (κ1) is 14.5. The number of aromatic nitrogens is 2. The molecule has 0 bridgehead atoms. The van der Waals surface area contributed by atoms with Crippen molar-refractivity contribution in [1.29, 1.82) is 0 Å². The fourth-order valence-electron chi connectivity index (χ4n) is 2.07. The van der Waals surface area contributed by atoms with Crippen LogP contribution in [0.25, 0.3) is 11.0 Å². The molecular weight excluding hydrogens is 278 g/mol. The maximum absolute atomic E-state index is 11.7. The molecule has 0 spiro atoms. The monoisotopic (exact) mass is 289 g/mol. The number of aliphatic carboxylic acids is 1. The van der Waals surface area contributed by atoms with E-state index >= 15 is 0 Å². The second-order valence-corrected chi connectivity index (χ2v) is 4.44. The van der Waals surface area contributed by atoms with E-state index in [2.05, 4.69) is 9.97 Å². The lowest BCUT2D eigenvalue weighted by atomic mass is 9.93. The number of carbonyl (C=O) groups is 2. The SMILES string of the molecule is CC(=O)C(c1cnc2ccccc2n1)C(C(=O)O)[N+](=O)[O-]. The molecular formula is C13H11N3O5. The minimum atomic E-state index is -2.09. The van der Waals surface area contributed by atoms with Gasteiger partial charge in [-0.05, 0) is 19.1 Å². The molecule has 108 valence electrons. The van der Waals surface area contributed by atoms with Crippen molar-refractivity contribution in [2.45, 2.75) is 18.9 Å². The first-order chi connectivity index (χ1) is 9.91. The minimum Gasteiger partial charge on any atom is -0.476 e. The summed E-state index contributed by atoms with van der Waals surface area (Å²) in [5, 5.41) is 19.9. The molecule has 0 radical (unpaired) electrons. The molecule has 2 atom stereocenters. The zero-order valence-corrected chi connectivity index (χ0v) is 11.0. The molecule has 2 rings (SSSR count). The number of rotatable bonds is 5. The maximum atomic E-state index is 11.7. The number of Topliss-reactive ketones (excluding diaryl/α,β-unsaturated/α-hetero) is 1. The van der Waals surface area contributed by atoms with E-state index in [1.807, 2.05) is 0 Å². The van der Waals surface area contributed by atoms with E-state index in [4.69, 9.17) is 5.11 Å². The van der Waals surface area contributed by atoms with E-state index in [0.717, 1.165) is 6.92 Å². The Balaban J connectivity index is 2.57. The average Bonchev–Trinajstić information content (AvgIpc) is 2.42. The van der Waals surface area contributed by atoms with E-state index in [0.29, 0.717) is 11.0 Å². The van der Waals surface area contributed by atoms with Crippen molar-refractivity contribution in [3.8, 4) is 0 Å². The highest BCUT2D eigenvalue weighted by molar-refractivity contribution is 5.90. The third kappa shape index (κ3) is 2.83. The quantitative estimate of drug-likeness (QED) is 0.644. The van der Waals surface area contributed by atoms with Crippen molar-refractivity contribution in [1.82, 2.24) is 9.97 Å². The molecule has 2 unspecified atom stereocenters. The van der Waals surface area contributed by atoms with Crippen LogP contribution in [0.3, 0.4) is 0 Å². The Morgan fingerprint density at radius 1 is 1.29 bits per heavy atom. The highest BCUT2D eigenvalue weighted by Crippen LogP contribution is 2.23. The Labute approximate surface area is 118 Å². The molecule has 21 heavy (non-hydrogen) atoms. The summed E-state index contributed by atoms with van der Waals surface area (Å²) >= 11 is 0. The zero-order chi connectivity index (χ0) is 15.6. The van der Waals surface area contributed by atoms with Crippen molar-refractivity contribution >= 4 is 22.8 Å². The standard InChI is InChI=1S/C13H11N3O5/c1-7(17)11(12(13(18)19)16(20)21)10-6-14-8-4-2-3-5-9(8)15-10/h2-6,11-12H,1H3,(H,18,19). The predicted octanol–water partition coefficient (Wildman–Crippen LogP) is 1.03. The average molecular weight is 289 g/mol. The summed E-state index contributed by atoms with van der Waals surface area (Å²) in [6, 6.07) is 4.68. The number of hydrogen-bond donors (Lipinski definition) is 1. The van der Waals surface area contributed by atoms with E-state index in [1.54, 1.807) is 24.3 Å². The first-order valence-electron chi connectivity index (χ1n) is 6.00. The van der Waals surface area contributed by atoms with Crippen LogP contribution in [0.2, 0.25) is 0 Å². The van der Waals surface area contributed by atoms with Gasteiger partial charge < -0.3 is 5.11 Å².